The van der Waals surface area contributed by atoms with Gasteiger partial charge in [-0.15, -0.1) is 0 Å². The smallest absolute Gasteiger partial charge is 0.0834 e. The monoisotopic (exact) mass is 227 g/mol. The van der Waals surface area contributed by atoms with Crippen LogP contribution in [0.4, 0.5) is 0 Å². The van der Waals surface area contributed by atoms with Gasteiger partial charge in [0.25, 0.3) is 0 Å². The number of halogens is 1. The normalized spacial score (nSPS) is 28.3. The Morgan fingerprint density at radius 3 is 2.80 bits per heavy atom. The zero-order valence-corrected chi connectivity index (χ0v) is 10.0. The molecular formula is C11H18ClN3. The van der Waals surface area contributed by atoms with Crippen LogP contribution in [0.25, 0.3) is 0 Å². The SMILES string of the molecule is CC1CCC(C(N)c2c(Cl)cnn2C)C1. The minimum atomic E-state index is 0.0370. The van der Waals surface area contributed by atoms with E-state index >= 15 is 0 Å². The van der Waals surface area contributed by atoms with Gasteiger partial charge in [0.1, 0.15) is 0 Å². The first-order chi connectivity index (χ1) is 7.09. The molecule has 0 aromatic carbocycles. The number of hydrogen-bond donors (Lipinski definition) is 1. The van der Waals surface area contributed by atoms with E-state index in [1.54, 1.807) is 10.9 Å². The first-order valence-electron chi connectivity index (χ1n) is 5.52. The number of hydrogen-bond acceptors (Lipinski definition) is 2. The summed E-state index contributed by atoms with van der Waals surface area (Å²) in [5, 5.41) is 4.83. The molecule has 0 bridgehead atoms. The molecular weight excluding hydrogens is 210 g/mol. The second-order valence-corrected chi connectivity index (χ2v) is 5.11. The molecule has 1 aromatic rings. The van der Waals surface area contributed by atoms with Gasteiger partial charge >= 0.3 is 0 Å². The maximum Gasteiger partial charge on any atom is 0.0834 e. The van der Waals surface area contributed by atoms with Crippen LogP contribution in [0, 0.1) is 11.8 Å². The van der Waals surface area contributed by atoms with Gasteiger partial charge in [0.2, 0.25) is 0 Å². The third-order valence-corrected chi connectivity index (χ3v) is 3.79. The summed E-state index contributed by atoms with van der Waals surface area (Å²) >= 11 is 6.09. The lowest BCUT2D eigenvalue weighted by atomic mass is 9.95. The number of aromatic nitrogens is 2. The lowest BCUT2D eigenvalue weighted by Crippen LogP contribution is -2.22. The molecule has 3 nitrogen and oxygen atoms in total. The van der Waals surface area contributed by atoms with Gasteiger partial charge in [0.15, 0.2) is 0 Å². The number of nitrogens with two attached hydrogens (primary N) is 1. The summed E-state index contributed by atoms with van der Waals surface area (Å²) in [6.07, 6.45) is 5.38. The van der Waals surface area contributed by atoms with Crippen molar-refractivity contribution < 1.29 is 0 Å². The molecule has 1 aromatic heterocycles. The second-order valence-electron chi connectivity index (χ2n) is 4.71. The average Bonchev–Trinajstić information content (AvgIpc) is 2.73. The van der Waals surface area contributed by atoms with Gasteiger partial charge < -0.3 is 5.73 Å². The fourth-order valence-corrected chi connectivity index (χ4v) is 2.89. The molecule has 1 heterocycles. The Labute approximate surface area is 95.6 Å². The van der Waals surface area contributed by atoms with Crippen molar-refractivity contribution in [2.45, 2.75) is 32.2 Å². The van der Waals surface area contributed by atoms with Gasteiger partial charge in [-0.05, 0) is 24.7 Å². The van der Waals surface area contributed by atoms with Crippen LogP contribution in [-0.4, -0.2) is 9.78 Å². The zero-order chi connectivity index (χ0) is 11.0. The summed E-state index contributed by atoms with van der Waals surface area (Å²) in [5.74, 6) is 1.36. The number of aryl methyl sites for hydroxylation is 1. The van der Waals surface area contributed by atoms with Crippen molar-refractivity contribution in [3.63, 3.8) is 0 Å². The Morgan fingerprint density at radius 1 is 1.60 bits per heavy atom. The van der Waals surface area contributed by atoms with Gasteiger partial charge in [0.05, 0.1) is 23.0 Å². The van der Waals surface area contributed by atoms with Crippen molar-refractivity contribution >= 4 is 11.6 Å². The minimum absolute atomic E-state index is 0.0370. The highest BCUT2D eigenvalue weighted by Crippen LogP contribution is 2.39. The molecule has 1 fully saturated rings. The molecule has 1 saturated carbocycles. The van der Waals surface area contributed by atoms with Crippen LogP contribution in [-0.2, 0) is 7.05 Å². The molecule has 0 saturated heterocycles. The maximum atomic E-state index is 6.26. The Balaban J connectivity index is 2.17. The zero-order valence-electron chi connectivity index (χ0n) is 9.28. The molecule has 1 aliphatic rings. The van der Waals surface area contributed by atoms with Gasteiger partial charge in [0, 0.05) is 7.05 Å². The lowest BCUT2D eigenvalue weighted by Gasteiger charge is -2.19. The van der Waals surface area contributed by atoms with Crippen LogP contribution >= 0.6 is 11.6 Å². The molecule has 84 valence electrons. The second kappa shape index (κ2) is 4.14. The molecule has 3 unspecified atom stereocenters. The van der Waals surface area contributed by atoms with Crippen LogP contribution in [0.5, 0.6) is 0 Å². The van der Waals surface area contributed by atoms with E-state index < -0.39 is 0 Å². The van der Waals surface area contributed by atoms with Crippen LogP contribution < -0.4 is 5.73 Å². The Kier molecular flexibility index (Phi) is 3.03. The Bertz CT molecular complexity index is 328. The van der Waals surface area contributed by atoms with Gasteiger partial charge in [-0.1, -0.05) is 24.9 Å². The highest BCUT2D eigenvalue weighted by Gasteiger charge is 2.30. The Morgan fingerprint density at radius 2 is 2.33 bits per heavy atom. The molecule has 2 rings (SSSR count). The number of rotatable bonds is 2. The predicted octanol–water partition coefficient (Wildman–Crippen LogP) is 2.51. The van der Waals surface area contributed by atoms with E-state index in [1.807, 2.05) is 7.05 Å². The maximum absolute atomic E-state index is 6.26. The van der Waals surface area contributed by atoms with Crippen LogP contribution in [0.2, 0.25) is 5.02 Å². The molecule has 1 aliphatic carbocycles. The van der Waals surface area contributed by atoms with Crippen molar-refractivity contribution in [3.05, 3.63) is 16.9 Å². The van der Waals surface area contributed by atoms with Crippen LogP contribution in [0.15, 0.2) is 6.20 Å². The van der Waals surface area contributed by atoms with E-state index in [0.717, 1.165) is 11.6 Å². The topological polar surface area (TPSA) is 43.8 Å². The highest BCUT2D eigenvalue weighted by molar-refractivity contribution is 6.31. The highest BCUT2D eigenvalue weighted by atomic mass is 35.5. The predicted molar refractivity (Wildman–Crippen MR) is 61.7 cm³/mol. The largest absolute Gasteiger partial charge is 0.322 e. The summed E-state index contributed by atoms with van der Waals surface area (Å²) in [6, 6.07) is 0.0370. The molecule has 3 atom stereocenters. The van der Waals surface area contributed by atoms with Gasteiger partial charge in [-0.2, -0.15) is 5.10 Å². The third-order valence-electron chi connectivity index (χ3n) is 3.50. The summed E-state index contributed by atoms with van der Waals surface area (Å²) in [6.45, 7) is 2.29. The van der Waals surface area contributed by atoms with E-state index in [0.29, 0.717) is 10.9 Å². The molecule has 0 amide bonds. The van der Waals surface area contributed by atoms with E-state index in [2.05, 4.69) is 12.0 Å². The summed E-state index contributed by atoms with van der Waals surface area (Å²) in [5.41, 5.74) is 7.25. The fraction of sp³-hybridized carbons (Fsp3) is 0.727. The van der Waals surface area contributed by atoms with E-state index in [1.165, 1.54) is 19.3 Å². The van der Waals surface area contributed by atoms with Crippen LogP contribution in [0.3, 0.4) is 0 Å². The van der Waals surface area contributed by atoms with Crippen molar-refractivity contribution in [2.75, 3.05) is 0 Å². The molecule has 0 radical (unpaired) electrons. The van der Waals surface area contributed by atoms with Crippen molar-refractivity contribution in [2.24, 2.45) is 24.6 Å². The van der Waals surface area contributed by atoms with Crippen molar-refractivity contribution in [1.29, 1.82) is 0 Å². The van der Waals surface area contributed by atoms with Crippen LogP contribution in [0.1, 0.15) is 37.9 Å². The van der Waals surface area contributed by atoms with Gasteiger partial charge in [-0.3, -0.25) is 4.68 Å². The third kappa shape index (κ3) is 2.04. The molecule has 4 heteroatoms. The summed E-state index contributed by atoms with van der Waals surface area (Å²) in [4.78, 5) is 0. The Hall–Kier alpha value is -0.540. The van der Waals surface area contributed by atoms with Crippen molar-refractivity contribution in [1.82, 2.24) is 9.78 Å². The van der Waals surface area contributed by atoms with Gasteiger partial charge in [-0.25, -0.2) is 0 Å². The molecule has 0 spiro atoms. The standard InChI is InChI=1S/C11H18ClN3/c1-7-3-4-8(5-7)10(13)11-9(12)6-14-15(11)2/h6-8,10H,3-5,13H2,1-2H3. The van der Waals surface area contributed by atoms with E-state index in [4.69, 9.17) is 17.3 Å². The first-order valence-corrected chi connectivity index (χ1v) is 5.90. The molecule has 0 aliphatic heterocycles. The van der Waals surface area contributed by atoms with E-state index in [9.17, 15) is 0 Å². The van der Waals surface area contributed by atoms with E-state index in [-0.39, 0.29) is 6.04 Å². The molecule has 2 N–H and O–H groups in total. The summed E-state index contributed by atoms with van der Waals surface area (Å²) in [7, 11) is 1.90. The first kappa shape index (κ1) is 11.0. The molecule has 15 heavy (non-hydrogen) atoms. The minimum Gasteiger partial charge on any atom is -0.322 e. The fourth-order valence-electron chi connectivity index (χ4n) is 2.60. The number of nitrogens with zero attached hydrogens (tertiary/aromatic N) is 2. The average molecular weight is 228 g/mol. The summed E-state index contributed by atoms with van der Waals surface area (Å²) < 4.78 is 1.80. The lowest BCUT2D eigenvalue weighted by molar-refractivity contribution is 0.409. The quantitative estimate of drug-likeness (QED) is 0.844. The van der Waals surface area contributed by atoms with Crippen molar-refractivity contribution in [3.8, 4) is 0 Å².